The molecular formula is C19H22FN3O2. The molecule has 0 atom stereocenters. The molecule has 2 N–H and O–H groups in total. The first kappa shape index (κ1) is 18.4. The van der Waals surface area contributed by atoms with Crippen LogP contribution < -0.4 is 10.6 Å². The van der Waals surface area contributed by atoms with Crippen molar-refractivity contribution in [1.29, 1.82) is 0 Å². The van der Waals surface area contributed by atoms with Gasteiger partial charge in [0.2, 0.25) is 0 Å². The van der Waals surface area contributed by atoms with Crippen molar-refractivity contribution in [2.24, 2.45) is 0 Å². The van der Waals surface area contributed by atoms with Crippen molar-refractivity contribution in [2.45, 2.75) is 20.0 Å². The Morgan fingerprint density at radius 2 is 1.72 bits per heavy atom. The lowest BCUT2D eigenvalue weighted by Crippen LogP contribution is -2.36. The fourth-order valence-corrected chi connectivity index (χ4v) is 2.31. The highest BCUT2D eigenvalue weighted by atomic mass is 19.1. The van der Waals surface area contributed by atoms with Crippen LogP contribution in [0.2, 0.25) is 0 Å². The molecule has 6 heteroatoms. The van der Waals surface area contributed by atoms with Crippen molar-refractivity contribution in [2.75, 3.05) is 14.1 Å². The lowest BCUT2D eigenvalue weighted by atomic mass is 10.1. The van der Waals surface area contributed by atoms with Crippen molar-refractivity contribution < 1.29 is 14.0 Å². The van der Waals surface area contributed by atoms with Crippen molar-refractivity contribution in [3.63, 3.8) is 0 Å². The van der Waals surface area contributed by atoms with E-state index in [0.717, 1.165) is 5.56 Å². The van der Waals surface area contributed by atoms with Gasteiger partial charge in [0.25, 0.3) is 5.91 Å². The molecule has 5 nitrogen and oxygen atoms in total. The highest BCUT2D eigenvalue weighted by Gasteiger charge is 2.10. The number of amides is 3. The van der Waals surface area contributed by atoms with Crippen molar-refractivity contribution in [3.05, 3.63) is 70.5 Å². The molecule has 0 unspecified atom stereocenters. The normalized spacial score (nSPS) is 10.2. The Morgan fingerprint density at radius 3 is 2.32 bits per heavy atom. The molecule has 2 aromatic rings. The van der Waals surface area contributed by atoms with E-state index in [1.54, 1.807) is 45.3 Å². The average Bonchev–Trinajstić information content (AvgIpc) is 2.62. The number of rotatable bonds is 5. The Bertz CT molecular complexity index is 760. The molecule has 0 fully saturated rings. The van der Waals surface area contributed by atoms with Gasteiger partial charge in [-0.3, -0.25) is 4.79 Å². The van der Waals surface area contributed by atoms with Crippen LogP contribution in [0.4, 0.5) is 9.18 Å². The number of benzene rings is 2. The number of hydrogen-bond donors (Lipinski definition) is 2. The maximum atomic E-state index is 13.5. The van der Waals surface area contributed by atoms with E-state index in [0.29, 0.717) is 23.2 Å². The first-order valence-electron chi connectivity index (χ1n) is 7.95. The maximum absolute atomic E-state index is 13.5. The van der Waals surface area contributed by atoms with Crippen LogP contribution in [0.1, 0.15) is 27.0 Å². The Hall–Kier alpha value is -2.89. The minimum atomic E-state index is -0.281. The van der Waals surface area contributed by atoms with Gasteiger partial charge in [-0.15, -0.1) is 0 Å². The second-order valence-electron chi connectivity index (χ2n) is 5.87. The van der Waals surface area contributed by atoms with Crippen LogP contribution in [0.5, 0.6) is 0 Å². The summed E-state index contributed by atoms with van der Waals surface area (Å²) in [5.74, 6) is -0.431. The molecule has 0 heterocycles. The Morgan fingerprint density at radius 1 is 1.08 bits per heavy atom. The SMILES string of the molecule is CNC(=O)c1ccc(CN(C)C(=O)NCc2ccc(C)c(F)c2)cc1. The van der Waals surface area contributed by atoms with E-state index >= 15 is 0 Å². The van der Waals surface area contributed by atoms with E-state index in [-0.39, 0.29) is 24.3 Å². The number of nitrogens with zero attached hydrogens (tertiary/aromatic N) is 1. The lowest BCUT2D eigenvalue weighted by molar-refractivity contribution is 0.0963. The maximum Gasteiger partial charge on any atom is 0.317 e. The van der Waals surface area contributed by atoms with Gasteiger partial charge in [-0.05, 0) is 41.8 Å². The minimum Gasteiger partial charge on any atom is -0.355 e. The largest absolute Gasteiger partial charge is 0.355 e. The van der Waals surface area contributed by atoms with Crippen LogP contribution >= 0.6 is 0 Å². The summed E-state index contributed by atoms with van der Waals surface area (Å²) in [7, 11) is 3.26. The highest BCUT2D eigenvalue weighted by molar-refractivity contribution is 5.93. The molecule has 0 aliphatic rings. The molecule has 0 spiro atoms. The molecular weight excluding hydrogens is 321 g/mol. The molecule has 0 saturated carbocycles. The van der Waals surface area contributed by atoms with Crippen LogP contribution in [-0.4, -0.2) is 30.9 Å². The highest BCUT2D eigenvalue weighted by Crippen LogP contribution is 2.10. The molecule has 2 rings (SSSR count). The Kier molecular flexibility index (Phi) is 6.11. The summed E-state index contributed by atoms with van der Waals surface area (Å²) in [6.07, 6.45) is 0. The van der Waals surface area contributed by atoms with E-state index in [9.17, 15) is 14.0 Å². The van der Waals surface area contributed by atoms with E-state index in [1.165, 1.54) is 11.0 Å². The van der Waals surface area contributed by atoms with Crippen LogP contribution in [-0.2, 0) is 13.1 Å². The molecule has 0 aromatic heterocycles. The number of carbonyl (C=O) groups excluding carboxylic acids is 2. The van der Waals surface area contributed by atoms with Crippen LogP contribution in [0.15, 0.2) is 42.5 Å². The van der Waals surface area contributed by atoms with Gasteiger partial charge in [-0.1, -0.05) is 24.3 Å². The zero-order valence-electron chi connectivity index (χ0n) is 14.6. The molecule has 3 amide bonds. The zero-order valence-corrected chi connectivity index (χ0v) is 14.6. The van der Waals surface area contributed by atoms with Gasteiger partial charge in [0.1, 0.15) is 5.82 Å². The molecule has 0 bridgehead atoms. The summed E-state index contributed by atoms with van der Waals surface area (Å²) in [6.45, 7) is 2.36. The topological polar surface area (TPSA) is 61.4 Å². The molecule has 0 aliphatic carbocycles. The number of carbonyl (C=O) groups is 2. The third-order valence-corrected chi connectivity index (χ3v) is 3.89. The predicted octanol–water partition coefficient (Wildman–Crippen LogP) is 2.84. The van der Waals surface area contributed by atoms with Crippen LogP contribution in [0.25, 0.3) is 0 Å². The third-order valence-electron chi connectivity index (χ3n) is 3.89. The first-order valence-corrected chi connectivity index (χ1v) is 7.95. The molecule has 2 aromatic carbocycles. The van der Waals surface area contributed by atoms with Gasteiger partial charge >= 0.3 is 6.03 Å². The summed E-state index contributed by atoms with van der Waals surface area (Å²) in [5, 5.41) is 5.32. The number of aryl methyl sites for hydroxylation is 1. The number of halogens is 1. The van der Waals surface area contributed by atoms with Gasteiger partial charge in [-0.2, -0.15) is 0 Å². The predicted molar refractivity (Wildman–Crippen MR) is 94.7 cm³/mol. The number of urea groups is 1. The van der Waals surface area contributed by atoms with Crippen LogP contribution in [0, 0.1) is 12.7 Å². The first-order chi connectivity index (χ1) is 11.9. The smallest absolute Gasteiger partial charge is 0.317 e. The number of hydrogen-bond acceptors (Lipinski definition) is 2. The van der Waals surface area contributed by atoms with Gasteiger partial charge in [0, 0.05) is 32.7 Å². The number of nitrogens with one attached hydrogen (secondary N) is 2. The van der Waals surface area contributed by atoms with Gasteiger partial charge in [-0.25, -0.2) is 9.18 Å². The minimum absolute atomic E-state index is 0.150. The van der Waals surface area contributed by atoms with Crippen molar-refractivity contribution >= 4 is 11.9 Å². The van der Waals surface area contributed by atoms with Crippen LogP contribution in [0.3, 0.4) is 0 Å². The molecule has 0 aliphatic heterocycles. The van der Waals surface area contributed by atoms with E-state index < -0.39 is 0 Å². The van der Waals surface area contributed by atoms with E-state index in [1.807, 2.05) is 12.1 Å². The van der Waals surface area contributed by atoms with Gasteiger partial charge < -0.3 is 15.5 Å². The van der Waals surface area contributed by atoms with Gasteiger partial charge in [0.15, 0.2) is 0 Å². The molecule has 132 valence electrons. The third kappa shape index (κ3) is 5.04. The summed E-state index contributed by atoms with van der Waals surface area (Å²) >= 11 is 0. The zero-order chi connectivity index (χ0) is 18.4. The van der Waals surface area contributed by atoms with Crippen molar-refractivity contribution in [3.8, 4) is 0 Å². The van der Waals surface area contributed by atoms with E-state index in [2.05, 4.69) is 10.6 Å². The fourth-order valence-electron chi connectivity index (χ4n) is 2.31. The van der Waals surface area contributed by atoms with E-state index in [4.69, 9.17) is 0 Å². The summed E-state index contributed by atoms with van der Waals surface area (Å²) in [6, 6.07) is 11.7. The Balaban J connectivity index is 1.89. The second-order valence-corrected chi connectivity index (χ2v) is 5.87. The standard InChI is InChI=1S/C19H22FN3O2/c1-13-4-5-15(10-17(13)20)11-22-19(25)23(3)12-14-6-8-16(9-7-14)18(24)21-2/h4-10H,11-12H2,1-3H3,(H,21,24)(H,22,25). The fraction of sp³-hybridized carbons (Fsp3) is 0.263. The monoisotopic (exact) mass is 343 g/mol. The Labute approximate surface area is 146 Å². The molecule has 0 saturated heterocycles. The van der Waals surface area contributed by atoms with Gasteiger partial charge in [0.05, 0.1) is 0 Å². The average molecular weight is 343 g/mol. The summed E-state index contributed by atoms with van der Waals surface area (Å²) in [5.41, 5.74) is 2.76. The summed E-state index contributed by atoms with van der Waals surface area (Å²) in [4.78, 5) is 25.2. The second kappa shape index (κ2) is 8.28. The quantitative estimate of drug-likeness (QED) is 0.877. The lowest BCUT2D eigenvalue weighted by Gasteiger charge is -2.18. The molecule has 0 radical (unpaired) electrons. The molecule has 25 heavy (non-hydrogen) atoms. The van der Waals surface area contributed by atoms with Crippen molar-refractivity contribution in [1.82, 2.24) is 15.5 Å². The summed E-state index contributed by atoms with van der Waals surface area (Å²) < 4.78 is 13.5.